The molecule has 0 aliphatic rings. The van der Waals surface area contributed by atoms with Gasteiger partial charge in [0.25, 0.3) is 5.91 Å². The van der Waals surface area contributed by atoms with E-state index < -0.39 is 0 Å². The van der Waals surface area contributed by atoms with Crippen molar-refractivity contribution in [3.63, 3.8) is 0 Å². The highest BCUT2D eigenvalue weighted by molar-refractivity contribution is 5.99. The van der Waals surface area contributed by atoms with E-state index in [1.165, 1.54) is 12.1 Å². The third-order valence-electron chi connectivity index (χ3n) is 2.92. The monoisotopic (exact) mass is 273 g/mol. The van der Waals surface area contributed by atoms with Crippen molar-refractivity contribution < 1.29 is 9.18 Å². The van der Waals surface area contributed by atoms with Crippen LogP contribution in [0.3, 0.4) is 0 Å². The predicted octanol–water partition coefficient (Wildman–Crippen LogP) is 2.23. The number of nitrogens with zero attached hydrogens (tertiary/aromatic N) is 1. The largest absolute Gasteiger partial charge is 0.386 e. The number of nitrogens with one attached hydrogen (secondary N) is 2. The molecule has 20 heavy (non-hydrogen) atoms. The molecule has 1 amide bonds. The quantitative estimate of drug-likeness (QED) is 0.878. The van der Waals surface area contributed by atoms with Crippen molar-refractivity contribution in [1.29, 1.82) is 0 Å². The molecule has 2 aromatic rings. The lowest BCUT2D eigenvalue weighted by Gasteiger charge is -2.09. The van der Waals surface area contributed by atoms with E-state index in [1.54, 1.807) is 31.6 Å². The van der Waals surface area contributed by atoms with Gasteiger partial charge >= 0.3 is 0 Å². The molecule has 0 aliphatic carbocycles. The number of amides is 1. The van der Waals surface area contributed by atoms with Crippen molar-refractivity contribution in [2.75, 3.05) is 18.9 Å². The van der Waals surface area contributed by atoms with Gasteiger partial charge in [-0.3, -0.25) is 9.78 Å². The van der Waals surface area contributed by atoms with E-state index in [0.29, 0.717) is 24.2 Å². The van der Waals surface area contributed by atoms with E-state index in [2.05, 4.69) is 15.6 Å². The molecule has 0 atom stereocenters. The summed E-state index contributed by atoms with van der Waals surface area (Å²) in [5.74, 6) is -0.436. The molecule has 0 unspecified atom stereocenters. The summed E-state index contributed by atoms with van der Waals surface area (Å²) < 4.78 is 13.0. The number of hydrogen-bond donors (Lipinski definition) is 2. The molecule has 1 aromatic carbocycles. The van der Waals surface area contributed by atoms with Gasteiger partial charge in [-0.15, -0.1) is 0 Å². The molecule has 0 fully saturated rings. The second-order valence-electron chi connectivity index (χ2n) is 4.31. The van der Waals surface area contributed by atoms with Crippen LogP contribution in [0.4, 0.5) is 10.1 Å². The smallest absolute Gasteiger partial charge is 0.253 e. The van der Waals surface area contributed by atoms with Gasteiger partial charge in [0.05, 0.1) is 17.4 Å². The second kappa shape index (κ2) is 6.65. The van der Waals surface area contributed by atoms with Crippen LogP contribution >= 0.6 is 0 Å². The Labute approximate surface area is 117 Å². The molecule has 0 bridgehead atoms. The normalized spacial score (nSPS) is 10.1. The van der Waals surface area contributed by atoms with Crippen molar-refractivity contribution in [2.45, 2.75) is 6.42 Å². The molecule has 2 rings (SSSR count). The minimum absolute atomic E-state index is 0.173. The van der Waals surface area contributed by atoms with Crippen molar-refractivity contribution in [1.82, 2.24) is 10.3 Å². The third-order valence-corrected chi connectivity index (χ3v) is 2.92. The molecule has 0 spiro atoms. The molecule has 2 N–H and O–H groups in total. The molecule has 0 saturated carbocycles. The number of carbonyl (C=O) groups excluding carboxylic acids is 1. The first-order valence-electron chi connectivity index (χ1n) is 6.35. The Morgan fingerprint density at radius 2 is 2.20 bits per heavy atom. The topological polar surface area (TPSA) is 54.0 Å². The molecule has 1 aromatic heterocycles. The third kappa shape index (κ3) is 3.54. The molecule has 4 nitrogen and oxygen atoms in total. The number of anilines is 1. The molecular weight excluding hydrogens is 257 g/mol. The first-order chi connectivity index (χ1) is 9.70. The molecule has 1 heterocycles. The molecular formula is C15H16FN3O. The average Bonchev–Trinajstić information content (AvgIpc) is 2.47. The van der Waals surface area contributed by atoms with Crippen LogP contribution in [0.15, 0.2) is 42.7 Å². The molecule has 0 radical (unpaired) electrons. The Bertz CT molecular complexity index is 601. The highest BCUT2D eigenvalue weighted by Crippen LogP contribution is 2.12. The van der Waals surface area contributed by atoms with Gasteiger partial charge < -0.3 is 10.6 Å². The predicted molar refractivity (Wildman–Crippen MR) is 76.2 cm³/mol. The van der Waals surface area contributed by atoms with Gasteiger partial charge in [0.15, 0.2) is 0 Å². The number of pyridine rings is 1. The van der Waals surface area contributed by atoms with E-state index >= 15 is 0 Å². The summed E-state index contributed by atoms with van der Waals surface area (Å²) in [6.45, 7) is 0.452. The van der Waals surface area contributed by atoms with Crippen LogP contribution in [0.2, 0.25) is 0 Å². The van der Waals surface area contributed by atoms with Gasteiger partial charge in [0, 0.05) is 19.8 Å². The van der Waals surface area contributed by atoms with Crippen molar-refractivity contribution >= 4 is 11.6 Å². The fourth-order valence-electron chi connectivity index (χ4n) is 1.90. The summed E-state index contributed by atoms with van der Waals surface area (Å²) in [4.78, 5) is 16.0. The van der Waals surface area contributed by atoms with E-state index in [0.717, 1.165) is 5.56 Å². The van der Waals surface area contributed by atoms with Gasteiger partial charge in [0.1, 0.15) is 5.82 Å². The van der Waals surface area contributed by atoms with Crippen molar-refractivity contribution in [2.24, 2.45) is 0 Å². The minimum Gasteiger partial charge on any atom is -0.386 e. The van der Waals surface area contributed by atoms with Gasteiger partial charge in [-0.1, -0.05) is 12.1 Å². The highest BCUT2D eigenvalue weighted by Gasteiger charge is 2.09. The summed E-state index contributed by atoms with van der Waals surface area (Å²) in [6, 6.07) is 8.02. The zero-order valence-corrected chi connectivity index (χ0v) is 11.2. The summed E-state index contributed by atoms with van der Waals surface area (Å²) >= 11 is 0. The van der Waals surface area contributed by atoms with Crippen LogP contribution in [0.5, 0.6) is 0 Å². The van der Waals surface area contributed by atoms with E-state index in [1.807, 2.05) is 6.07 Å². The lowest BCUT2D eigenvalue weighted by molar-refractivity contribution is 0.0955. The van der Waals surface area contributed by atoms with Crippen LogP contribution in [-0.4, -0.2) is 24.5 Å². The summed E-state index contributed by atoms with van der Waals surface area (Å²) in [6.07, 6.45) is 3.76. The van der Waals surface area contributed by atoms with E-state index in [-0.39, 0.29) is 11.7 Å². The van der Waals surface area contributed by atoms with Crippen LogP contribution in [0.25, 0.3) is 0 Å². The van der Waals surface area contributed by atoms with E-state index in [4.69, 9.17) is 0 Å². The Morgan fingerprint density at radius 1 is 1.35 bits per heavy atom. The van der Waals surface area contributed by atoms with Crippen LogP contribution in [-0.2, 0) is 6.42 Å². The number of halogens is 1. The highest BCUT2D eigenvalue weighted by atomic mass is 19.1. The van der Waals surface area contributed by atoms with Crippen LogP contribution in [0.1, 0.15) is 15.9 Å². The van der Waals surface area contributed by atoms with Crippen molar-refractivity contribution in [3.8, 4) is 0 Å². The lowest BCUT2D eigenvalue weighted by Crippen LogP contribution is -2.26. The number of rotatable bonds is 5. The fourth-order valence-corrected chi connectivity index (χ4v) is 1.90. The first-order valence-corrected chi connectivity index (χ1v) is 6.35. The maximum absolute atomic E-state index is 13.0. The summed E-state index contributed by atoms with van der Waals surface area (Å²) in [7, 11) is 1.74. The standard InChI is InChI=1S/C15H16FN3O/c1-17-14-10-18-7-6-13(14)15(20)19-8-5-11-3-2-4-12(16)9-11/h2-4,6-7,9-10,17H,5,8H2,1H3,(H,19,20). The summed E-state index contributed by atoms with van der Waals surface area (Å²) in [5.41, 5.74) is 2.08. The van der Waals surface area contributed by atoms with Crippen LogP contribution in [0, 0.1) is 5.82 Å². The van der Waals surface area contributed by atoms with Gasteiger partial charge in [-0.2, -0.15) is 0 Å². The molecule has 0 saturated heterocycles. The number of carbonyl (C=O) groups is 1. The minimum atomic E-state index is -0.263. The molecule has 5 heteroatoms. The summed E-state index contributed by atoms with van der Waals surface area (Å²) in [5, 5.41) is 5.73. The van der Waals surface area contributed by atoms with E-state index in [9.17, 15) is 9.18 Å². The molecule has 0 aliphatic heterocycles. The average molecular weight is 273 g/mol. The maximum Gasteiger partial charge on any atom is 0.253 e. The zero-order chi connectivity index (χ0) is 14.4. The fraction of sp³-hybridized carbons (Fsp3) is 0.200. The maximum atomic E-state index is 13.0. The Balaban J connectivity index is 1.92. The Hall–Kier alpha value is -2.43. The van der Waals surface area contributed by atoms with Gasteiger partial charge in [-0.05, 0) is 30.2 Å². The lowest BCUT2D eigenvalue weighted by atomic mass is 10.1. The van der Waals surface area contributed by atoms with Gasteiger partial charge in [-0.25, -0.2) is 4.39 Å². The van der Waals surface area contributed by atoms with Crippen LogP contribution < -0.4 is 10.6 Å². The number of benzene rings is 1. The first kappa shape index (κ1) is 14.0. The Morgan fingerprint density at radius 3 is 2.95 bits per heavy atom. The molecule has 104 valence electrons. The Kier molecular flexibility index (Phi) is 4.65. The SMILES string of the molecule is CNc1cnccc1C(=O)NCCc1cccc(F)c1. The zero-order valence-electron chi connectivity index (χ0n) is 11.2. The number of hydrogen-bond acceptors (Lipinski definition) is 3. The second-order valence-corrected chi connectivity index (χ2v) is 4.31. The number of aromatic nitrogens is 1. The van der Waals surface area contributed by atoms with Gasteiger partial charge in [0.2, 0.25) is 0 Å². The van der Waals surface area contributed by atoms with Crippen molar-refractivity contribution in [3.05, 3.63) is 59.7 Å².